The number of allylic oxidation sites excluding steroid dienone is 3. The molecule has 4 nitrogen and oxygen atoms in total. The van der Waals surface area contributed by atoms with Crippen LogP contribution in [0.5, 0.6) is 5.75 Å². The molecule has 0 spiro atoms. The SMILES string of the molecule is O=C(c1ccc(OC2=CCCC=C2)cc1)c1c(Cl)ncnc1Cl. The predicted molar refractivity (Wildman–Crippen MR) is 89.0 cm³/mol. The lowest BCUT2D eigenvalue weighted by atomic mass is 10.1. The number of hydrogen-bond donors (Lipinski definition) is 0. The van der Waals surface area contributed by atoms with E-state index in [1.165, 1.54) is 6.33 Å². The second-order valence-corrected chi connectivity index (χ2v) is 5.59. The lowest BCUT2D eigenvalue weighted by molar-refractivity contribution is 0.103. The number of halogens is 2. The summed E-state index contributed by atoms with van der Waals surface area (Å²) in [6.45, 7) is 0. The molecule has 0 amide bonds. The molecule has 23 heavy (non-hydrogen) atoms. The molecule has 1 aromatic heterocycles. The molecule has 1 aromatic carbocycles. The number of ether oxygens (including phenoxy) is 1. The van der Waals surface area contributed by atoms with Gasteiger partial charge < -0.3 is 4.74 Å². The Morgan fingerprint density at radius 3 is 2.35 bits per heavy atom. The third-order valence-corrected chi connectivity index (χ3v) is 3.87. The highest BCUT2D eigenvalue weighted by atomic mass is 35.5. The van der Waals surface area contributed by atoms with Crippen molar-refractivity contribution < 1.29 is 9.53 Å². The summed E-state index contributed by atoms with van der Waals surface area (Å²) in [5.41, 5.74) is 0.534. The minimum atomic E-state index is -0.330. The number of ketones is 1. The van der Waals surface area contributed by atoms with Crippen LogP contribution in [0.25, 0.3) is 0 Å². The first kappa shape index (κ1) is 15.7. The number of aromatic nitrogens is 2. The Morgan fingerprint density at radius 2 is 1.74 bits per heavy atom. The summed E-state index contributed by atoms with van der Waals surface area (Å²) >= 11 is 11.9. The maximum atomic E-state index is 12.5. The summed E-state index contributed by atoms with van der Waals surface area (Å²) in [7, 11) is 0. The number of carbonyl (C=O) groups excluding carboxylic acids is 1. The zero-order valence-corrected chi connectivity index (χ0v) is 13.5. The molecule has 6 heteroatoms. The fraction of sp³-hybridized carbons (Fsp3) is 0.118. The normalized spacial score (nSPS) is 13.6. The average molecular weight is 347 g/mol. The molecule has 2 aromatic rings. The number of hydrogen-bond acceptors (Lipinski definition) is 4. The molecule has 0 N–H and O–H groups in total. The first-order valence-corrected chi connectivity index (χ1v) is 7.76. The molecule has 0 saturated heterocycles. The Hall–Kier alpha value is -2.17. The van der Waals surface area contributed by atoms with Gasteiger partial charge >= 0.3 is 0 Å². The van der Waals surface area contributed by atoms with Gasteiger partial charge in [-0.1, -0.05) is 29.3 Å². The van der Waals surface area contributed by atoms with Gasteiger partial charge in [0.15, 0.2) is 5.78 Å². The molecule has 3 rings (SSSR count). The first-order valence-electron chi connectivity index (χ1n) is 7.00. The van der Waals surface area contributed by atoms with Crippen molar-refractivity contribution in [2.45, 2.75) is 12.8 Å². The van der Waals surface area contributed by atoms with E-state index in [2.05, 4.69) is 16.0 Å². The standard InChI is InChI=1S/C17H12Cl2N2O2/c18-16-14(17(19)21-10-20-16)15(22)11-6-8-13(9-7-11)23-12-4-2-1-3-5-12/h2,4-10H,1,3H2. The number of rotatable bonds is 4. The maximum Gasteiger partial charge on any atom is 0.199 e. The Balaban J connectivity index is 1.80. The molecule has 116 valence electrons. The summed E-state index contributed by atoms with van der Waals surface area (Å²) in [6, 6.07) is 6.76. The Morgan fingerprint density at radius 1 is 1.04 bits per heavy atom. The van der Waals surface area contributed by atoms with Crippen LogP contribution >= 0.6 is 23.2 Å². The van der Waals surface area contributed by atoms with Crippen molar-refractivity contribution in [1.29, 1.82) is 0 Å². The molecular weight excluding hydrogens is 335 g/mol. The molecule has 0 radical (unpaired) electrons. The molecule has 1 aliphatic carbocycles. The van der Waals surface area contributed by atoms with Gasteiger partial charge in [-0.05, 0) is 49.3 Å². The number of carbonyl (C=O) groups is 1. The van der Waals surface area contributed by atoms with Crippen molar-refractivity contribution in [3.8, 4) is 5.75 Å². The van der Waals surface area contributed by atoms with Crippen LogP contribution in [0.2, 0.25) is 10.3 Å². The van der Waals surface area contributed by atoms with Crippen LogP contribution in [0.4, 0.5) is 0 Å². The molecule has 0 unspecified atom stereocenters. The van der Waals surface area contributed by atoms with E-state index in [0.29, 0.717) is 11.3 Å². The molecule has 0 fully saturated rings. The summed E-state index contributed by atoms with van der Waals surface area (Å²) in [4.78, 5) is 20.1. The van der Waals surface area contributed by atoms with E-state index in [-0.39, 0.29) is 21.7 Å². The highest BCUT2D eigenvalue weighted by molar-refractivity contribution is 6.39. The summed E-state index contributed by atoms with van der Waals surface area (Å²) < 4.78 is 5.73. The molecule has 0 bridgehead atoms. The molecule has 0 aliphatic heterocycles. The minimum Gasteiger partial charge on any atom is -0.458 e. The zero-order chi connectivity index (χ0) is 16.2. The number of benzene rings is 1. The molecule has 0 saturated carbocycles. The van der Waals surface area contributed by atoms with E-state index in [4.69, 9.17) is 27.9 Å². The fourth-order valence-corrected chi connectivity index (χ4v) is 2.64. The van der Waals surface area contributed by atoms with Crippen molar-refractivity contribution in [2.24, 2.45) is 0 Å². The Labute approximate surface area is 143 Å². The molecular formula is C17H12Cl2N2O2. The molecule has 0 atom stereocenters. The Kier molecular flexibility index (Phi) is 4.74. The van der Waals surface area contributed by atoms with Gasteiger partial charge in [0.2, 0.25) is 0 Å². The minimum absolute atomic E-state index is 0.0350. The maximum absolute atomic E-state index is 12.5. The molecule has 1 aliphatic rings. The van der Waals surface area contributed by atoms with E-state index < -0.39 is 0 Å². The van der Waals surface area contributed by atoms with Crippen LogP contribution in [0.1, 0.15) is 28.8 Å². The molecule has 1 heterocycles. The van der Waals surface area contributed by atoms with E-state index in [9.17, 15) is 4.79 Å². The van der Waals surface area contributed by atoms with Crippen molar-refractivity contribution in [3.05, 3.63) is 76.0 Å². The van der Waals surface area contributed by atoms with Gasteiger partial charge in [-0.25, -0.2) is 9.97 Å². The quantitative estimate of drug-likeness (QED) is 0.598. The van der Waals surface area contributed by atoms with Crippen LogP contribution in [0, 0.1) is 0 Å². The van der Waals surface area contributed by atoms with Crippen molar-refractivity contribution in [2.75, 3.05) is 0 Å². The second kappa shape index (κ2) is 6.94. The van der Waals surface area contributed by atoms with Gasteiger partial charge in [-0.3, -0.25) is 4.79 Å². The highest BCUT2D eigenvalue weighted by Gasteiger charge is 2.18. The number of nitrogens with zero attached hydrogens (tertiary/aromatic N) is 2. The second-order valence-electron chi connectivity index (χ2n) is 4.87. The van der Waals surface area contributed by atoms with E-state index in [1.54, 1.807) is 24.3 Å². The fourth-order valence-electron chi connectivity index (χ4n) is 2.15. The monoisotopic (exact) mass is 346 g/mol. The highest BCUT2D eigenvalue weighted by Crippen LogP contribution is 2.25. The predicted octanol–water partition coefficient (Wildman–Crippen LogP) is 4.63. The summed E-state index contributed by atoms with van der Waals surface area (Å²) in [5.74, 6) is 1.13. The van der Waals surface area contributed by atoms with Crippen LogP contribution in [-0.2, 0) is 0 Å². The van der Waals surface area contributed by atoms with Gasteiger partial charge in [0.1, 0.15) is 28.1 Å². The summed E-state index contributed by atoms with van der Waals surface area (Å²) in [5, 5.41) is 0.0700. The van der Waals surface area contributed by atoms with Crippen molar-refractivity contribution in [3.63, 3.8) is 0 Å². The van der Waals surface area contributed by atoms with E-state index in [0.717, 1.165) is 18.6 Å². The van der Waals surface area contributed by atoms with Crippen LogP contribution < -0.4 is 4.74 Å². The van der Waals surface area contributed by atoms with Gasteiger partial charge in [-0.15, -0.1) is 0 Å². The smallest absolute Gasteiger partial charge is 0.199 e. The van der Waals surface area contributed by atoms with Gasteiger partial charge in [0, 0.05) is 5.56 Å². The first-order chi connectivity index (χ1) is 11.1. The Bertz CT molecular complexity index is 778. The van der Waals surface area contributed by atoms with E-state index in [1.807, 2.05) is 12.2 Å². The topological polar surface area (TPSA) is 52.1 Å². The van der Waals surface area contributed by atoms with Gasteiger partial charge in [-0.2, -0.15) is 0 Å². The lowest BCUT2D eigenvalue weighted by Gasteiger charge is -2.10. The lowest BCUT2D eigenvalue weighted by Crippen LogP contribution is -2.05. The van der Waals surface area contributed by atoms with E-state index >= 15 is 0 Å². The van der Waals surface area contributed by atoms with Crippen LogP contribution in [0.3, 0.4) is 0 Å². The average Bonchev–Trinajstić information content (AvgIpc) is 2.56. The van der Waals surface area contributed by atoms with Gasteiger partial charge in [0.25, 0.3) is 0 Å². The van der Waals surface area contributed by atoms with Crippen LogP contribution in [0.15, 0.2) is 54.6 Å². The van der Waals surface area contributed by atoms with Crippen molar-refractivity contribution >= 4 is 29.0 Å². The van der Waals surface area contributed by atoms with Crippen molar-refractivity contribution in [1.82, 2.24) is 9.97 Å². The third-order valence-electron chi connectivity index (χ3n) is 3.29. The zero-order valence-electron chi connectivity index (χ0n) is 12.0. The summed E-state index contributed by atoms with van der Waals surface area (Å²) in [6.07, 6.45) is 9.23. The van der Waals surface area contributed by atoms with Crippen LogP contribution in [-0.4, -0.2) is 15.8 Å². The third kappa shape index (κ3) is 3.60. The van der Waals surface area contributed by atoms with Gasteiger partial charge in [0.05, 0.1) is 5.56 Å². The largest absolute Gasteiger partial charge is 0.458 e.